The van der Waals surface area contributed by atoms with Crippen LogP contribution in [-0.2, 0) is 9.59 Å². The first-order valence-electron chi connectivity index (χ1n) is 4.45. The Kier molecular flexibility index (Phi) is 3.93. The molecule has 88 valence electrons. The molecule has 0 saturated heterocycles. The van der Waals surface area contributed by atoms with Crippen LogP contribution in [0.1, 0.15) is 0 Å². The number of rotatable bonds is 4. The van der Waals surface area contributed by atoms with E-state index in [4.69, 9.17) is 15.9 Å². The molecule has 0 unspecified atom stereocenters. The maximum atomic E-state index is 10.9. The zero-order valence-corrected chi connectivity index (χ0v) is 8.57. The minimum Gasteiger partial charge on any atom is -0.500 e. The molecular formula is C10H9N3O4. The van der Waals surface area contributed by atoms with Gasteiger partial charge in [0, 0.05) is 0 Å². The van der Waals surface area contributed by atoms with Crippen LogP contribution in [0, 0.1) is 0 Å². The second-order valence-electron chi connectivity index (χ2n) is 2.90. The quantitative estimate of drug-likeness (QED) is 0.410. The second-order valence-corrected chi connectivity index (χ2v) is 2.90. The van der Waals surface area contributed by atoms with Gasteiger partial charge in [-0.2, -0.15) is 5.11 Å². The molecule has 0 aliphatic carbocycles. The number of nitrogens with two attached hydrogens (primary N) is 1. The number of aliphatic hydroxyl groups excluding tert-OH is 1. The highest BCUT2D eigenvalue weighted by Gasteiger charge is 2.17. The Labute approximate surface area is 95.9 Å². The van der Waals surface area contributed by atoms with Crippen LogP contribution in [-0.4, -0.2) is 22.1 Å². The lowest BCUT2D eigenvalue weighted by atomic mass is 10.3. The molecule has 1 aromatic carbocycles. The highest BCUT2D eigenvalue weighted by atomic mass is 16.4. The predicted molar refractivity (Wildman–Crippen MR) is 57.4 cm³/mol. The number of hydrogen-bond donors (Lipinski definition) is 3. The van der Waals surface area contributed by atoms with E-state index in [1.54, 1.807) is 30.3 Å². The lowest BCUT2D eigenvalue weighted by molar-refractivity contribution is -0.136. The van der Waals surface area contributed by atoms with Crippen molar-refractivity contribution in [1.82, 2.24) is 0 Å². The molecule has 1 aromatic rings. The fourth-order valence-corrected chi connectivity index (χ4v) is 0.917. The maximum Gasteiger partial charge on any atom is 0.373 e. The number of carboxylic acid groups (broad SMARTS) is 1. The molecular weight excluding hydrogens is 226 g/mol. The SMILES string of the molecule is NC(=O)/C(N=Nc1ccccc1)=C(/O)C(=O)O. The van der Waals surface area contributed by atoms with Gasteiger partial charge in [0.1, 0.15) is 0 Å². The second kappa shape index (κ2) is 5.40. The molecule has 0 aliphatic rings. The van der Waals surface area contributed by atoms with Crippen LogP contribution in [0.15, 0.2) is 52.0 Å². The zero-order valence-electron chi connectivity index (χ0n) is 8.57. The Morgan fingerprint density at radius 3 is 2.18 bits per heavy atom. The third-order valence-electron chi connectivity index (χ3n) is 1.68. The van der Waals surface area contributed by atoms with Crippen LogP contribution >= 0.6 is 0 Å². The van der Waals surface area contributed by atoms with Gasteiger partial charge < -0.3 is 15.9 Å². The van der Waals surface area contributed by atoms with Crippen molar-refractivity contribution >= 4 is 17.6 Å². The number of nitrogens with zero attached hydrogens (tertiary/aromatic N) is 2. The summed E-state index contributed by atoms with van der Waals surface area (Å²) in [6.07, 6.45) is 0. The first-order chi connectivity index (χ1) is 8.02. The van der Waals surface area contributed by atoms with Crippen LogP contribution in [0.4, 0.5) is 5.69 Å². The Balaban J connectivity index is 3.05. The van der Waals surface area contributed by atoms with E-state index in [2.05, 4.69) is 10.2 Å². The van der Waals surface area contributed by atoms with Crippen LogP contribution in [0.2, 0.25) is 0 Å². The predicted octanol–water partition coefficient (Wildman–Crippen LogP) is 1.11. The first kappa shape index (κ1) is 12.4. The Morgan fingerprint density at radius 1 is 1.12 bits per heavy atom. The summed E-state index contributed by atoms with van der Waals surface area (Å²) in [6.45, 7) is 0. The smallest absolute Gasteiger partial charge is 0.373 e. The number of azo groups is 1. The van der Waals surface area contributed by atoms with E-state index in [0.717, 1.165) is 0 Å². The van der Waals surface area contributed by atoms with Crippen LogP contribution in [0.5, 0.6) is 0 Å². The van der Waals surface area contributed by atoms with Crippen LogP contribution < -0.4 is 5.73 Å². The third kappa shape index (κ3) is 3.42. The normalized spacial score (nSPS) is 12.2. The van der Waals surface area contributed by atoms with Crippen molar-refractivity contribution < 1.29 is 19.8 Å². The number of aliphatic hydroxyl groups is 1. The number of aliphatic carboxylic acids is 1. The highest BCUT2D eigenvalue weighted by Crippen LogP contribution is 2.13. The lowest BCUT2D eigenvalue weighted by Gasteiger charge is -1.97. The molecule has 0 bridgehead atoms. The molecule has 0 aromatic heterocycles. The summed E-state index contributed by atoms with van der Waals surface area (Å²) in [5.74, 6) is -4.12. The molecule has 7 heteroatoms. The van der Waals surface area contributed by atoms with Gasteiger partial charge in [-0.05, 0) is 12.1 Å². The number of carbonyl (C=O) groups is 2. The van der Waals surface area contributed by atoms with E-state index >= 15 is 0 Å². The standard InChI is InChI=1S/C10H9N3O4/c11-9(15)7(8(14)10(16)17)13-12-6-4-2-1-3-5-6/h1-5,14H,(H2,11,15)(H,16,17)/b8-7-,13-12?. The van der Waals surface area contributed by atoms with E-state index in [1.807, 2.05) is 0 Å². The Morgan fingerprint density at radius 2 is 1.71 bits per heavy atom. The van der Waals surface area contributed by atoms with Gasteiger partial charge >= 0.3 is 5.97 Å². The summed E-state index contributed by atoms with van der Waals surface area (Å²) >= 11 is 0. The van der Waals surface area contributed by atoms with Gasteiger partial charge in [-0.25, -0.2) is 4.79 Å². The Hall–Kier alpha value is -2.70. The largest absolute Gasteiger partial charge is 0.500 e. The van der Waals surface area contributed by atoms with Gasteiger partial charge in [0.15, 0.2) is 5.70 Å². The number of carbonyl (C=O) groups excluding carboxylic acids is 1. The fourth-order valence-electron chi connectivity index (χ4n) is 0.917. The first-order valence-corrected chi connectivity index (χ1v) is 4.45. The van der Waals surface area contributed by atoms with Crippen molar-refractivity contribution in [3.63, 3.8) is 0 Å². The summed E-state index contributed by atoms with van der Waals surface area (Å²) in [5.41, 5.74) is 4.45. The minimum absolute atomic E-state index is 0.393. The molecule has 0 heterocycles. The monoisotopic (exact) mass is 235 g/mol. The van der Waals surface area contributed by atoms with E-state index in [1.165, 1.54) is 0 Å². The van der Waals surface area contributed by atoms with Gasteiger partial charge in [-0.3, -0.25) is 4.79 Å². The summed E-state index contributed by atoms with van der Waals surface area (Å²) in [6, 6.07) is 8.27. The number of carboxylic acids is 1. The molecule has 7 nitrogen and oxygen atoms in total. The van der Waals surface area contributed by atoms with E-state index in [0.29, 0.717) is 5.69 Å². The topological polar surface area (TPSA) is 125 Å². The molecule has 0 atom stereocenters. The van der Waals surface area contributed by atoms with Crippen molar-refractivity contribution in [2.75, 3.05) is 0 Å². The van der Waals surface area contributed by atoms with Crippen LogP contribution in [0.3, 0.4) is 0 Å². The lowest BCUT2D eigenvalue weighted by Crippen LogP contribution is -2.17. The number of benzene rings is 1. The minimum atomic E-state index is -1.70. The molecule has 0 radical (unpaired) electrons. The average Bonchev–Trinajstić information content (AvgIpc) is 2.29. The van der Waals surface area contributed by atoms with E-state index < -0.39 is 23.3 Å². The van der Waals surface area contributed by atoms with Crippen molar-refractivity contribution in [3.8, 4) is 0 Å². The average molecular weight is 235 g/mol. The number of amides is 1. The molecule has 4 N–H and O–H groups in total. The zero-order chi connectivity index (χ0) is 12.8. The maximum absolute atomic E-state index is 10.9. The van der Waals surface area contributed by atoms with Crippen molar-refractivity contribution in [3.05, 3.63) is 41.8 Å². The third-order valence-corrected chi connectivity index (χ3v) is 1.68. The van der Waals surface area contributed by atoms with Crippen LogP contribution in [0.25, 0.3) is 0 Å². The summed E-state index contributed by atoms with van der Waals surface area (Å²) in [7, 11) is 0. The number of hydrogen-bond acceptors (Lipinski definition) is 5. The number of primary amides is 1. The van der Waals surface area contributed by atoms with Crippen molar-refractivity contribution in [2.24, 2.45) is 16.0 Å². The molecule has 17 heavy (non-hydrogen) atoms. The van der Waals surface area contributed by atoms with E-state index in [9.17, 15) is 9.59 Å². The van der Waals surface area contributed by atoms with Crippen molar-refractivity contribution in [1.29, 1.82) is 0 Å². The van der Waals surface area contributed by atoms with Gasteiger partial charge in [-0.15, -0.1) is 5.11 Å². The summed E-state index contributed by atoms with van der Waals surface area (Å²) < 4.78 is 0. The highest BCUT2D eigenvalue weighted by molar-refractivity contribution is 5.99. The molecule has 0 fully saturated rings. The summed E-state index contributed by atoms with van der Waals surface area (Å²) in [4.78, 5) is 21.3. The molecule has 0 spiro atoms. The van der Waals surface area contributed by atoms with Gasteiger partial charge in [0.25, 0.3) is 5.91 Å². The van der Waals surface area contributed by atoms with E-state index in [-0.39, 0.29) is 0 Å². The Bertz CT molecular complexity index is 494. The summed E-state index contributed by atoms with van der Waals surface area (Å²) in [5, 5.41) is 24.4. The van der Waals surface area contributed by atoms with Gasteiger partial charge in [0.2, 0.25) is 5.76 Å². The molecule has 1 amide bonds. The van der Waals surface area contributed by atoms with Crippen molar-refractivity contribution in [2.45, 2.75) is 0 Å². The molecule has 0 aliphatic heterocycles. The van der Waals surface area contributed by atoms with Gasteiger partial charge in [-0.1, -0.05) is 18.2 Å². The molecule has 1 rings (SSSR count). The van der Waals surface area contributed by atoms with Gasteiger partial charge in [0.05, 0.1) is 5.69 Å². The molecule has 0 saturated carbocycles. The fraction of sp³-hybridized carbons (Fsp3) is 0.